The van der Waals surface area contributed by atoms with Crippen LogP contribution in [0.15, 0.2) is 30.5 Å². The van der Waals surface area contributed by atoms with Crippen LogP contribution in [0.25, 0.3) is 5.95 Å². The Morgan fingerprint density at radius 1 is 1.26 bits per heavy atom. The van der Waals surface area contributed by atoms with E-state index in [9.17, 15) is 4.79 Å². The molecule has 0 N–H and O–H groups in total. The van der Waals surface area contributed by atoms with E-state index in [1.807, 2.05) is 19.9 Å². The molecule has 0 radical (unpaired) electrons. The van der Waals surface area contributed by atoms with Crippen molar-refractivity contribution in [1.82, 2.24) is 29.9 Å². The summed E-state index contributed by atoms with van der Waals surface area (Å²) in [6.07, 6.45) is 2.28. The Labute approximate surface area is 165 Å². The monoisotopic (exact) mass is 402 g/mol. The standard InChI is InChI=1S/C18H16Cl2N6O/c1-10-6-8-21-18(22-10)26-14-7-9-25(11(2)16(14)23-24-26)17(27)12-4-3-5-13(19)15(12)20/h3-6,8,11H,7,9H2,1-2H3/t11-/m0/s1. The smallest absolute Gasteiger partial charge is 0.255 e. The number of hydrogen-bond donors (Lipinski definition) is 0. The minimum atomic E-state index is -0.255. The first kappa shape index (κ1) is 17.9. The van der Waals surface area contributed by atoms with Crippen LogP contribution in [0.4, 0.5) is 0 Å². The molecule has 138 valence electrons. The van der Waals surface area contributed by atoms with Gasteiger partial charge in [0.15, 0.2) is 0 Å². The zero-order chi connectivity index (χ0) is 19.1. The van der Waals surface area contributed by atoms with Crippen LogP contribution < -0.4 is 0 Å². The highest BCUT2D eigenvalue weighted by atomic mass is 35.5. The van der Waals surface area contributed by atoms with E-state index in [1.165, 1.54) is 0 Å². The molecule has 1 aromatic carbocycles. The first-order valence-electron chi connectivity index (χ1n) is 8.47. The number of nitrogens with zero attached hydrogens (tertiary/aromatic N) is 6. The molecule has 0 unspecified atom stereocenters. The van der Waals surface area contributed by atoms with E-state index in [0.29, 0.717) is 29.5 Å². The second-order valence-electron chi connectivity index (χ2n) is 6.36. The van der Waals surface area contributed by atoms with Crippen LogP contribution in [-0.2, 0) is 6.42 Å². The van der Waals surface area contributed by atoms with E-state index in [1.54, 1.807) is 34.0 Å². The van der Waals surface area contributed by atoms with E-state index in [0.717, 1.165) is 17.1 Å². The van der Waals surface area contributed by atoms with Gasteiger partial charge in [-0.15, -0.1) is 5.10 Å². The van der Waals surface area contributed by atoms with Gasteiger partial charge < -0.3 is 4.90 Å². The molecule has 0 spiro atoms. The van der Waals surface area contributed by atoms with Crippen molar-refractivity contribution in [3.05, 3.63) is 63.2 Å². The molecule has 27 heavy (non-hydrogen) atoms. The fourth-order valence-electron chi connectivity index (χ4n) is 3.24. The predicted molar refractivity (Wildman–Crippen MR) is 101 cm³/mol. The summed E-state index contributed by atoms with van der Waals surface area (Å²) in [5.74, 6) is 0.301. The molecule has 1 aliphatic rings. The molecule has 0 bridgehead atoms. The minimum Gasteiger partial charge on any atom is -0.330 e. The highest BCUT2D eigenvalue weighted by Crippen LogP contribution is 2.32. The molecule has 2 aromatic heterocycles. The molecule has 1 atom stereocenters. The zero-order valence-electron chi connectivity index (χ0n) is 14.7. The average Bonchev–Trinajstić information content (AvgIpc) is 3.09. The zero-order valence-corrected chi connectivity index (χ0v) is 16.2. The summed E-state index contributed by atoms with van der Waals surface area (Å²) in [4.78, 5) is 23.4. The third-order valence-electron chi connectivity index (χ3n) is 4.66. The van der Waals surface area contributed by atoms with Crippen LogP contribution in [0.3, 0.4) is 0 Å². The number of carbonyl (C=O) groups is 1. The number of amides is 1. The molecule has 3 heterocycles. The molecule has 9 heteroatoms. The van der Waals surface area contributed by atoms with Gasteiger partial charge in [0.1, 0.15) is 5.69 Å². The Kier molecular flexibility index (Phi) is 4.57. The van der Waals surface area contributed by atoms with Crippen molar-refractivity contribution in [2.45, 2.75) is 26.3 Å². The molecule has 7 nitrogen and oxygen atoms in total. The minimum absolute atomic E-state index is 0.179. The Balaban J connectivity index is 1.67. The van der Waals surface area contributed by atoms with Crippen LogP contribution in [0.2, 0.25) is 10.0 Å². The fourth-order valence-corrected chi connectivity index (χ4v) is 3.62. The molecule has 3 aromatic rings. The predicted octanol–water partition coefficient (Wildman–Crippen LogP) is 3.43. The van der Waals surface area contributed by atoms with Crippen LogP contribution in [-0.4, -0.2) is 42.3 Å². The number of rotatable bonds is 2. The first-order chi connectivity index (χ1) is 13.0. The summed E-state index contributed by atoms with van der Waals surface area (Å²) < 4.78 is 1.65. The molecule has 0 saturated heterocycles. The van der Waals surface area contributed by atoms with Gasteiger partial charge >= 0.3 is 0 Å². The molecule has 0 aliphatic carbocycles. The summed E-state index contributed by atoms with van der Waals surface area (Å²) in [6.45, 7) is 4.33. The molecule has 4 rings (SSSR count). The van der Waals surface area contributed by atoms with Crippen molar-refractivity contribution in [1.29, 1.82) is 0 Å². The highest BCUT2D eigenvalue weighted by molar-refractivity contribution is 6.43. The number of fused-ring (bicyclic) bond motifs is 1. The summed E-state index contributed by atoms with van der Waals surface area (Å²) in [5, 5.41) is 9.12. The largest absolute Gasteiger partial charge is 0.330 e. The lowest BCUT2D eigenvalue weighted by molar-refractivity contribution is 0.0672. The SMILES string of the molecule is Cc1ccnc(-n2nnc3c2CCN(C(=O)c2cccc(Cl)c2Cl)[C@H]3C)n1. The maximum Gasteiger partial charge on any atom is 0.255 e. The van der Waals surface area contributed by atoms with Gasteiger partial charge in [0.25, 0.3) is 11.9 Å². The molecular weight excluding hydrogens is 387 g/mol. The fraction of sp³-hybridized carbons (Fsp3) is 0.278. The van der Waals surface area contributed by atoms with Crippen molar-refractivity contribution in [2.24, 2.45) is 0 Å². The molecule has 0 fully saturated rings. The summed E-state index contributed by atoms with van der Waals surface area (Å²) in [5.41, 5.74) is 2.88. The van der Waals surface area contributed by atoms with Gasteiger partial charge in [-0.3, -0.25) is 4.79 Å². The number of carbonyl (C=O) groups excluding carboxylic acids is 1. The van der Waals surface area contributed by atoms with Gasteiger partial charge in [-0.05, 0) is 32.0 Å². The van der Waals surface area contributed by atoms with Crippen LogP contribution in [0.1, 0.15) is 40.4 Å². The molecular formula is C18H16Cl2N6O. The van der Waals surface area contributed by atoms with Crippen LogP contribution in [0, 0.1) is 6.92 Å². The second-order valence-corrected chi connectivity index (χ2v) is 7.14. The van der Waals surface area contributed by atoms with E-state index in [4.69, 9.17) is 23.2 Å². The third kappa shape index (κ3) is 3.07. The van der Waals surface area contributed by atoms with Crippen molar-refractivity contribution in [3.63, 3.8) is 0 Å². The lowest BCUT2D eigenvalue weighted by Crippen LogP contribution is -2.39. The second kappa shape index (κ2) is 6.90. The van der Waals surface area contributed by atoms with Crippen LogP contribution >= 0.6 is 23.2 Å². The van der Waals surface area contributed by atoms with Gasteiger partial charge in [0.2, 0.25) is 0 Å². The Bertz CT molecular complexity index is 1030. The summed E-state index contributed by atoms with van der Waals surface area (Å²) in [7, 11) is 0. The van der Waals surface area contributed by atoms with Gasteiger partial charge in [-0.25, -0.2) is 9.97 Å². The number of benzene rings is 1. The van der Waals surface area contributed by atoms with E-state index >= 15 is 0 Å². The van der Waals surface area contributed by atoms with Crippen molar-refractivity contribution in [3.8, 4) is 5.95 Å². The highest BCUT2D eigenvalue weighted by Gasteiger charge is 2.34. The normalized spacial score (nSPS) is 16.3. The Hall–Kier alpha value is -2.51. The Morgan fingerprint density at radius 2 is 2.07 bits per heavy atom. The first-order valence-corrected chi connectivity index (χ1v) is 9.22. The molecule has 1 amide bonds. The lowest BCUT2D eigenvalue weighted by Gasteiger charge is -2.32. The topological polar surface area (TPSA) is 76.8 Å². The summed E-state index contributed by atoms with van der Waals surface area (Å²) in [6, 6.07) is 6.62. The van der Waals surface area contributed by atoms with Gasteiger partial charge in [-0.2, -0.15) is 4.68 Å². The van der Waals surface area contributed by atoms with E-state index in [2.05, 4.69) is 20.3 Å². The maximum absolute atomic E-state index is 13.0. The Morgan fingerprint density at radius 3 is 2.85 bits per heavy atom. The quantitative estimate of drug-likeness (QED) is 0.655. The van der Waals surface area contributed by atoms with Gasteiger partial charge in [0.05, 0.1) is 27.3 Å². The maximum atomic E-state index is 13.0. The summed E-state index contributed by atoms with van der Waals surface area (Å²) >= 11 is 12.3. The average molecular weight is 403 g/mol. The van der Waals surface area contributed by atoms with Gasteiger partial charge in [0, 0.05) is 24.9 Å². The molecule has 0 saturated carbocycles. The van der Waals surface area contributed by atoms with Crippen molar-refractivity contribution >= 4 is 29.1 Å². The van der Waals surface area contributed by atoms with Crippen molar-refractivity contribution < 1.29 is 4.79 Å². The molecule has 1 aliphatic heterocycles. The number of aryl methyl sites for hydroxylation is 1. The lowest BCUT2D eigenvalue weighted by atomic mass is 10.0. The number of hydrogen-bond acceptors (Lipinski definition) is 5. The van der Waals surface area contributed by atoms with Crippen molar-refractivity contribution in [2.75, 3.05) is 6.54 Å². The number of aromatic nitrogens is 5. The van der Waals surface area contributed by atoms with Gasteiger partial charge in [-0.1, -0.05) is 34.5 Å². The van der Waals surface area contributed by atoms with E-state index < -0.39 is 0 Å². The third-order valence-corrected chi connectivity index (χ3v) is 5.48. The van der Waals surface area contributed by atoms with E-state index in [-0.39, 0.29) is 17.0 Å². The number of halogens is 2. The van der Waals surface area contributed by atoms with Crippen LogP contribution in [0.5, 0.6) is 0 Å².